The average molecular weight is 287 g/mol. The molecule has 2 saturated carbocycles. The van der Waals surface area contributed by atoms with Crippen molar-refractivity contribution in [2.24, 2.45) is 21.9 Å². The van der Waals surface area contributed by atoms with Crippen molar-refractivity contribution >= 4 is 21.6 Å². The summed E-state index contributed by atoms with van der Waals surface area (Å²) < 4.78 is 28.7. The van der Waals surface area contributed by atoms with Gasteiger partial charge in [-0.2, -0.15) is 8.42 Å². The van der Waals surface area contributed by atoms with E-state index in [1.165, 1.54) is 0 Å². The minimum atomic E-state index is -3.82. The standard InChI is InChI=1S/C13H21NO4S/c1-9(2)14-18-19(16,17)8-13-6-5-10(7-11(13)15)12(13,3)4/h10H,5-8H2,1-4H3/t10-,13-/m1/s1. The molecule has 108 valence electrons. The Labute approximate surface area is 114 Å². The van der Waals surface area contributed by atoms with Crippen molar-refractivity contribution in [2.45, 2.75) is 47.0 Å². The van der Waals surface area contributed by atoms with Gasteiger partial charge in [-0.05, 0) is 38.0 Å². The zero-order valence-corrected chi connectivity index (χ0v) is 12.7. The van der Waals surface area contributed by atoms with Crippen molar-refractivity contribution in [1.82, 2.24) is 0 Å². The number of fused-ring (bicyclic) bond motifs is 2. The molecule has 2 aliphatic carbocycles. The van der Waals surface area contributed by atoms with Gasteiger partial charge in [0.25, 0.3) is 0 Å². The van der Waals surface area contributed by atoms with Gasteiger partial charge in [0.05, 0.1) is 11.1 Å². The van der Waals surface area contributed by atoms with Crippen LogP contribution in [0.5, 0.6) is 0 Å². The number of nitrogens with zero attached hydrogens (tertiary/aromatic N) is 1. The van der Waals surface area contributed by atoms with Crippen LogP contribution in [0.15, 0.2) is 5.16 Å². The van der Waals surface area contributed by atoms with Crippen molar-refractivity contribution in [3.05, 3.63) is 0 Å². The summed E-state index contributed by atoms with van der Waals surface area (Å²) in [5.74, 6) is 0.115. The van der Waals surface area contributed by atoms with E-state index in [1.807, 2.05) is 13.8 Å². The second-order valence-electron chi connectivity index (χ2n) is 6.48. The Kier molecular flexibility index (Phi) is 3.28. The molecule has 0 spiro atoms. The van der Waals surface area contributed by atoms with Gasteiger partial charge in [0.15, 0.2) is 0 Å². The topological polar surface area (TPSA) is 72.8 Å². The average Bonchev–Trinajstić information content (AvgIpc) is 2.60. The Morgan fingerprint density at radius 3 is 2.47 bits per heavy atom. The lowest BCUT2D eigenvalue weighted by Gasteiger charge is -2.35. The lowest BCUT2D eigenvalue weighted by molar-refractivity contribution is -0.128. The zero-order valence-electron chi connectivity index (χ0n) is 11.9. The van der Waals surface area contributed by atoms with Gasteiger partial charge in [-0.3, -0.25) is 9.08 Å². The van der Waals surface area contributed by atoms with E-state index in [2.05, 4.69) is 9.44 Å². The second kappa shape index (κ2) is 4.30. The van der Waals surface area contributed by atoms with Crippen LogP contribution in [0.25, 0.3) is 0 Å². The predicted molar refractivity (Wildman–Crippen MR) is 72.2 cm³/mol. The number of hydrogen-bond acceptors (Lipinski definition) is 5. The molecule has 0 unspecified atom stereocenters. The summed E-state index contributed by atoms with van der Waals surface area (Å²) in [6, 6.07) is 0. The molecule has 0 heterocycles. The van der Waals surface area contributed by atoms with E-state index in [1.54, 1.807) is 13.8 Å². The number of oxime groups is 1. The first-order valence-corrected chi connectivity index (χ1v) is 8.14. The smallest absolute Gasteiger partial charge is 0.299 e. The van der Waals surface area contributed by atoms with Gasteiger partial charge in [0.2, 0.25) is 0 Å². The summed E-state index contributed by atoms with van der Waals surface area (Å²) in [7, 11) is -3.82. The van der Waals surface area contributed by atoms with Gasteiger partial charge in [0.1, 0.15) is 11.5 Å². The zero-order chi connectivity index (χ0) is 14.5. The van der Waals surface area contributed by atoms with Crippen LogP contribution in [0.2, 0.25) is 0 Å². The summed E-state index contributed by atoms with van der Waals surface area (Å²) >= 11 is 0. The van der Waals surface area contributed by atoms with E-state index in [-0.39, 0.29) is 17.0 Å². The van der Waals surface area contributed by atoms with Crippen molar-refractivity contribution < 1.29 is 17.5 Å². The molecule has 0 aromatic carbocycles. The highest BCUT2D eigenvalue weighted by Gasteiger charge is 2.65. The van der Waals surface area contributed by atoms with Crippen LogP contribution in [0.3, 0.4) is 0 Å². The largest absolute Gasteiger partial charge is 0.329 e. The fourth-order valence-electron chi connectivity index (χ4n) is 3.57. The number of ketones is 1. The third-order valence-electron chi connectivity index (χ3n) is 4.90. The highest BCUT2D eigenvalue weighted by molar-refractivity contribution is 7.86. The lowest BCUT2D eigenvalue weighted by atomic mass is 9.70. The molecule has 2 atom stereocenters. The van der Waals surface area contributed by atoms with Crippen LogP contribution in [0.4, 0.5) is 0 Å². The first kappa shape index (κ1) is 14.5. The van der Waals surface area contributed by atoms with Crippen molar-refractivity contribution in [2.75, 3.05) is 5.75 Å². The molecule has 0 N–H and O–H groups in total. The van der Waals surface area contributed by atoms with Crippen molar-refractivity contribution in [1.29, 1.82) is 0 Å². The molecule has 2 aliphatic rings. The molecule has 0 radical (unpaired) electrons. The van der Waals surface area contributed by atoms with Gasteiger partial charge in [-0.1, -0.05) is 19.0 Å². The number of Topliss-reactive ketones (excluding diaryl/α,β-unsaturated/α-hetero) is 1. The van der Waals surface area contributed by atoms with Crippen LogP contribution in [0.1, 0.15) is 47.0 Å². The van der Waals surface area contributed by atoms with Crippen LogP contribution < -0.4 is 0 Å². The lowest BCUT2D eigenvalue weighted by Crippen LogP contribution is -2.42. The van der Waals surface area contributed by atoms with Crippen molar-refractivity contribution in [3.63, 3.8) is 0 Å². The van der Waals surface area contributed by atoms with E-state index >= 15 is 0 Å². The first-order chi connectivity index (χ1) is 8.61. The Morgan fingerprint density at radius 2 is 2.05 bits per heavy atom. The summed E-state index contributed by atoms with van der Waals surface area (Å²) in [5, 5.41) is 3.51. The normalized spacial score (nSPS) is 32.4. The molecule has 2 bridgehead atoms. The first-order valence-electron chi connectivity index (χ1n) is 6.56. The second-order valence-corrected chi connectivity index (χ2v) is 8.03. The Bertz CT molecular complexity index is 531. The number of carbonyl (C=O) groups is 1. The number of hydrogen-bond donors (Lipinski definition) is 0. The molecule has 0 saturated heterocycles. The molecule has 2 rings (SSSR count). The van der Waals surface area contributed by atoms with Crippen LogP contribution in [-0.2, 0) is 19.2 Å². The maximum absolute atomic E-state index is 12.2. The van der Waals surface area contributed by atoms with Crippen molar-refractivity contribution in [3.8, 4) is 0 Å². The highest BCUT2D eigenvalue weighted by atomic mass is 32.2. The third-order valence-corrected chi connectivity index (χ3v) is 6.04. The maximum atomic E-state index is 12.2. The molecular weight excluding hydrogens is 266 g/mol. The van der Waals surface area contributed by atoms with Gasteiger partial charge in [-0.15, -0.1) is 0 Å². The number of carbonyl (C=O) groups excluding carboxylic acids is 1. The Morgan fingerprint density at radius 1 is 1.42 bits per heavy atom. The number of rotatable bonds is 4. The molecular formula is C13H21NO4S. The van der Waals surface area contributed by atoms with Gasteiger partial charge >= 0.3 is 10.1 Å². The minimum Gasteiger partial charge on any atom is -0.299 e. The summed E-state index contributed by atoms with van der Waals surface area (Å²) in [6.07, 6.45) is 2.06. The van der Waals surface area contributed by atoms with Crippen LogP contribution >= 0.6 is 0 Å². The monoisotopic (exact) mass is 287 g/mol. The van der Waals surface area contributed by atoms with Gasteiger partial charge in [0, 0.05) is 6.42 Å². The fraction of sp³-hybridized carbons (Fsp3) is 0.846. The van der Waals surface area contributed by atoms with Gasteiger partial charge < -0.3 is 0 Å². The molecule has 5 nitrogen and oxygen atoms in total. The van der Waals surface area contributed by atoms with E-state index in [9.17, 15) is 13.2 Å². The van der Waals surface area contributed by atoms with E-state index in [0.717, 1.165) is 6.42 Å². The Hall–Kier alpha value is -0.910. The maximum Gasteiger partial charge on any atom is 0.329 e. The van der Waals surface area contributed by atoms with Gasteiger partial charge in [-0.25, -0.2) is 0 Å². The SMILES string of the molecule is CC(C)=NOS(=O)(=O)C[C@]12CC[C@H](CC1=O)C2(C)C. The molecule has 0 aromatic rings. The molecule has 0 aromatic heterocycles. The molecule has 0 aliphatic heterocycles. The van der Waals surface area contributed by atoms with E-state index in [4.69, 9.17) is 0 Å². The summed E-state index contributed by atoms with van der Waals surface area (Å²) in [4.78, 5) is 12.2. The highest BCUT2D eigenvalue weighted by Crippen LogP contribution is 2.64. The molecule has 2 fully saturated rings. The molecule has 6 heteroatoms. The Balaban J connectivity index is 2.27. The fourth-order valence-corrected chi connectivity index (χ4v) is 5.16. The molecule has 0 amide bonds. The van der Waals surface area contributed by atoms with E-state index < -0.39 is 15.5 Å². The predicted octanol–water partition coefficient (Wildman–Crippen LogP) is 2.12. The summed E-state index contributed by atoms with van der Waals surface area (Å²) in [5.41, 5.74) is -0.526. The van der Waals surface area contributed by atoms with E-state index in [0.29, 0.717) is 24.5 Å². The van der Waals surface area contributed by atoms with Crippen LogP contribution in [-0.4, -0.2) is 25.7 Å². The summed E-state index contributed by atoms with van der Waals surface area (Å²) in [6.45, 7) is 7.31. The van der Waals surface area contributed by atoms with Crippen LogP contribution in [0, 0.1) is 16.7 Å². The molecule has 19 heavy (non-hydrogen) atoms. The minimum absolute atomic E-state index is 0.0677. The quantitative estimate of drug-likeness (QED) is 0.586. The third kappa shape index (κ3) is 2.20.